The Morgan fingerprint density at radius 3 is 2.57 bits per heavy atom. The molecule has 4 rings (SSSR count). The first kappa shape index (κ1) is 21.0. The number of morpholine rings is 1. The number of thioether (sulfide) groups is 1. The van der Waals surface area contributed by atoms with Gasteiger partial charge in [-0.25, -0.2) is 4.98 Å². The Hall–Kier alpha value is -2.29. The fourth-order valence-electron chi connectivity index (χ4n) is 3.18. The molecule has 8 heteroatoms. The molecule has 1 aliphatic heterocycles. The number of amides is 1. The quantitative estimate of drug-likeness (QED) is 0.489. The van der Waals surface area contributed by atoms with Crippen molar-refractivity contribution >= 4 is 45.0 Å². The molecule has 6 nitrogen and oxygen atoms in total. The maximum Gasteiger partial charge on any atom is 0.237 e. The van der Waals surface area contributed by atoms with Crippen molar-refractivity contribution in [2.45, 2.75) is 17.3 Å². The van der Waals surface area contributed by atoms with Crippen LogP contribution in [-0.4, -0.2) is 47.4 Å². The van der Waals surface area contributed by atoms with Crippen molar-refractivity contribution < 1.29 is 9.53 Å². The van der Waals surface area contributed by atoms with Crippen LogP contribution >= 0.6 is 27.7 Å². The first-order chi connectivity index (χ1) is 14.6. The minimum atomic E-state index is -0.284. The second-order valence-corrected chi connectivity index (χ2v) is 9.25. The topological polar surface area (TPSA) is 70.2 Å². The van der Waals surface area contributed by atoms with Gasteiger partial charge in [-0.05, 0) is 48.9 Å². The lowest BCUT2D eigenvalue weighted by atomic mass is 10.2. The van der Waals surface area contributed by atoms with E-state index in [-0.39, 0.29) is 11.2 Å². The van der Waals surface area contributed by atoms with Crippen molar-refractivity contribution in [1.82, 2.24) is 9.97 Å². The second-order valence-electron chi connectivity index (χ2n) is 7.00. The molecule has 1 saturated heterocycles. The van der Waals surface area contributed by atoms with E-state index in [4.69, 9.17) is 4.74 Å². The van der Waals surface area contributed by atoms with Gasteiger partial charge in [0.1, 0.15) is 0 Å². The molecule has 1 fully saturated rings. The number of hydrogen-bond acceptors (Lipinski definition) is 5. The molecule has 1 amide bonds. The maximum atomic E-state index is 12.6. The molecular weight excluding hydrogens is 464 g/mol. The monoisotopic (exact) mass is 486 g/mol. The number of carbonyl (C=O) groups excluding carboxylic acids is 1. The zero-order valence-corrected chi connectivity index (χ0v) is 19.0. The zero-order valence-electron chi connectivity index (χ0n) is 16.6. The van der Waals surface area contributed by atoms with E-state index in [2.05, 4.69) is 36.1 Å². The van der Waals surface area contributed by atoms with Gasteiger partial charge >= 0.3 is 0 Å². The van der Waals surface area contributed by atoms with Crippen molar-refractivity contribution in [2.24, 2.45) is 0 Å². The van der Waals surface area contributed by atoms with Crippen LogP contribution in [0.3, 0.4) is 0 Å². The molecule has 156 valence electrons. The number of hydrogen-bond donors (Lipinski definition) is 2. The highest BCUT2D eigenvalue weighted by atomic mass is 79.9. The average Bonchev–Trinajstić information content (AvgIpc) is 3.24. The number of aromatic amines is 1. The smallest absolute Gasteiger partial charge is 0.237 e. The van der Waals surface area contributed by atoms with Gasteiger partial charge in [0.05, 0.1) is 30.4 Å². The van der Waals surface area contributed by atoms with E-state index in [1.807, 2.05) is 55.5 Å². The summed E-state index contributed by atoms with van der Waals surface area (Å²) in [6.07, 6.45) is 1.79. The van der Waals surface area contributed by atoms with E-state index >= 15 is 0 Å². The minimum Gasteiger partial charge on any atom is -0.378 e. The summed E-state index contributed by atoms with van der Waals surface area (Å²) in [5.74, 6) is -0.0549. The summed E-state index contributed by atoms with van der Waals surface area (Å²) in [4.78, 5) is 22.6. The third-order valence-electron chi connectivity index (χ3n) is 4.88. The SMILES string of the molecule is CC(Sc1ncc(-c2ccc(Br)cc2)[nH]1)C(=O)Nc1ccc(N2CCOCC2)cc1. The lowest BCUT2D eigenvalue weighted by Crippen LogP contribution is -2.36. The standard InChI is InChI=1S/C22H23BrN4O2S/c1-15(30-22-24-14-20(26-22)16-2-4-17(23)5-3-16)21(28)25-18-6-8-19(9-7-18)27-10-12-29-13-11-27/h2-9,14-15H,10-13H2,1H3,(H,24,26)(H,25,28). The number of aromatic nitrogens is 2. The van der Waals surface area contributed by atoms with Crippen LogP contribution in [0.5, 0.6) is 0 Å². The van der Waals surface area contributed by atoms with Crippen LogP contribution in [0, 0.1) is 0 Å². The van der Waals surface area contributed by atoms with Gasteiger partial charge in [0.25, 0.3) is 0 Å². The summed E-state index contributed by atoms with van der Waals surface area (Å²) < 4.78 is 6.42. The van der Waals surface area contributed by atoms with E-state index in [1.165, 1.54) is 11.8 Å². The van der Waals surface area contributed by atoms with Crippen LogP contribution in [-0.2, 0) is 9.53 Å². The van der Waals surface area contributed by atoms with Gasteiger partial charge in [-0.3, -0.25) is 4.79 Å². The third-order valence-corrected chi connectivity index (χ3v) is 6.40. The van der Waals surface area contributed by atoms with Gasteiger partial charge in [0.2, 0.25) is 5.91 Å². The van der Waals surface area contributed by atoms with Crippen LogP contribution in [0.1, 0.15) is 6.92 Å². The number of carbonyl (C=O) groups is 1. The molecule has 0 aliphatic carbocycles. The zero-order chi connectivity index (χ0) is 20.9. The Kier molecular flexibility index (Phi) is 6.76. The van der Waals surface area contributed by atoms with Gasteiger partial charge in [-0.1, -0.05) is 39.8 Å². The molecule has 3 aromatic rings. The largest absolute Gasteiger partial charge is 0.378 e. The van der Waals surface area contributed by atoms with Gasteiger partial charge in [-0.2, -0.15) is 0 Å². The maximum absolute atomic E-state index is 12.6. The predicted octanol–water partition coefficient (Wildman–Crippen LogP) is 4.80. The van der Waals surface area contributed by atoms with E-state index in [9.17, 15) is 4.79 Å². The highest BCUT2D eigenvalue weighted by Crippen LogP contribution is 2.26. The molecule has 0 bridgehead atoms. The summed E-state index contributed by atoms with van der Waals surface area (Å²) >= 11 is 4.85. The number of halogens is 1. The number of ether oxygens (including phenoxy) is 1. The molecule has 1 unspecified atom stereocenters. The second kappa shape index (κ2) is 9.68. The number of anilines is 2. The van der Waals surface area contributed by atoms with Crippen molar-refractivity contribution in [3.63, 3.8) is 0 Å². The lowest BCUT2D eigenvalue weighted by Gasteiger charge is -2.28. The van der Waals surface area contributed by atoms with E-state index < -0.39 is 0 Å². The molecule has 1 atom stereocenters. The summed E-state index contributed by atoms with van der Waals surface area (Å²) in [6.45, 7) is 5.17. The fraction of sp³-hybridized carbons (Fsp3) is 0.273. The summed E-state index contributed by atoms with van der Waals surface area (Å²) in [7, 11) is 0. The number of benzene rings is 2. The van der Waals surface area contributed by atoms with Crippen molar-refractivity contribution in [3.05, 3.63) is 59.2 Å². The Labute approximate surface area is 188 Å². The van der Waals surface area contributed by atoms with Crippen LogP contribution in [0.25, 0.3) is 11.3 Å². The average molecular weight is 487 g/mol. The summed E-state index contributed by atoms with van der Waals surface area (Å²) in [5, 5.41) is 3.42. The van der Waals surface area contributed by atoms with E-state index in [1.54, 1.807) is 6.20 Å². The highest BCUT2D eigenvalue weighted by Gasteiger charge is 2.17. The Morgan fingerprint density at radius 2 is 1.87 bits per heavy atom. The molecule has 0 saturated carbocycles. The van der Waals surface area contributed by atoms with E-state index in [0.717, 1.165) is 58.6 Å². The highest BCUT2D eigenvalue weighted by molar-refractivity contribution is 9.10. The minimum absolute atomic E-state index is 0.0549. The fourth-order valence-corrected chi connectivity index (χ4v) is 4.23. The molecule has 1 aromatic heterocycles. The van der Waals surface area contributed by atoms with Gasteiger partial charge in [0.15, 0.2) is 5.16 Å². The summed E-state index contributed by atoms with van der Waals surface area (Å²) in [5.41, 5.74) is 3.92. The first-order valence-electron chi connectivity index (χ1n) is 9.80. The number of H-pyrrole nitrogens is 1. The number of nitrogens with one attached hydrogen (secondary N) is 2. The van der Waals surface area contributed by atoms with Crippen LogP contribution in [0.15, 0.2) is 64.4 Å². The van der Waals surface area contributed by atoms with Gasteiger partial charge in [0, 0.05) is 28.9 Å². The molecule has 1 aliphatic rings. The molecule has 30 heavy (non-hydrogen) atoms. The molecule has 0 spiro atoms. The number of rotatable bonds is 6. The van der Waals surface area contributed by atoms with Crippen LogP contribution in [0.2, 0.25) is 0 Å². The molecule has 0 radical (unpaired) electrons. The van der Waals surface area contributed by atoms with Gasteiger partial charge < -0.3 is 19.9 Å². The number of imidazole rings is 1. The Balaban J connectivity index is 1.33. The lowest BCUT2D eigenvalue weighted by molar-refractivity contribution is -0.115. The van der Waals surface area contributed by atoms with Crippen molar-refractivity contribution in [3.8, 4) is 11.3 Å². The van der Waals surface area contributed by atoms with E-state index in [0.29, 0.717) is 0 Å². The molecular formula is C22H23BrN4O2S. The molecule has 2 heterocycles. The molecule has 2 aromatic carbocycles. The van der Waals surface area contributed by atoms with Crippen LogP contribution < -0.4 is 10.2 Å². The Morgan fingerprint density at radius 1 is 1.17 bits per heavy atom. The number of nitrogens with zero attached hydrogens (tertiary/aromatic N) is 2. The third kappa shape index (κ3) is 5.24. The predicted molar refractivity (Wildman–Crippen MR) is 125 cm³/mol. The summed E-state index contributed by atoms with van der Waals surface area (Å²) in [6, 6.07) is 16.0. The molecule has 2 N–H and O–H groups in total. The van der Waals surface area contributed by atoms with Crippen molar-refractivity contribution in [1.29, 1.82) is 0 Å². The first-order valence-corrected chi connectivity index (χ1v) is 11.5. The Bertz CT molecular complexity index is 985. The van der Waals surface area contributed by atoms with Crippen LogP contribution in [0.4, 0.5) is 11.4 Å². The van der Waals surface area contributed by atoms with Gasteiger partial charge in [-0.15, -0.1) is 0 Å². The normalized spacial score (nSPS) is 15.1. The van der Waals surface area contributed by atoms with Crippen molar-refractivity contribution in [2.75, 3.05) is 36.5 Å².